The largest absolute Gasteiger partial charge is 0.338 e. The minimum atomic E-state index is -0.106. The molecule has 1 saturated carbocycles. The van der Waals surface area contributed by atoms with Gasteiger partial charge in [0.1, 0.15) is 0 Å². The molecule has 3 unspecified atom stereocenters. The third-order valence-corrected chi connectivity index (χ3v) is 5.92. The maximum Gasteiger partial charge on any atom is 0.254 e. The average Bonchev–Trinajstić information content (AvgIpc) is 3.23. The van der Waals surface area contributed by atoms with E-state index < -0.39 is 0 Å². The molecule has 0 radical (unpaired) electrons. The van der Waals surface area contributed by atoms with Crippen LogP contribution in [0, 0.1) is 18.8 Å². The van der Waals surface area contributed by atoms with Crippen LogP contribution in [0.2, 0.25) is 0 Å². The minimum absolute atomic E-state index is 0.0531. The maximum atomic E-state index is 13.1. The third kappa shape index (κ3) is 2.95. The second-order valence-corrected chi connectivity index (χ2v) is 7.62. The lowest BCUT2D eigenvalue weighted by Gasteiger charge is -2.20. The van der Waals surface area contributed by atoms with Gasteiger partial charge in [0.2, 0.25) is 0 Å². The summed E-state index contributed by atoms with van der Waals surface area (Å²) in [5.74, 6) is 0.750. The van der Waals surface area contributed by atoms with Crippen LogP contribution >= 0.6 is 0 Å². The zero-order valence-corrected chi connectivity index (χ0v) is 15.0. The number of carbonyl (C=O) groups is 2. The first kappa shape index (κ1) is 17.0. The monoisotopic (exact) mass is 348 g/mol. The fourth-order valence-corrected chi connectivity index (χ4v) is 4.37. The Hall–Kier alpha value is -2.46. The SMILES string of the molecule is Cc1ccc(C(=O)c2ccccc2C(=O)N2CC3CCC(N)C3C2)cc1. The van der Waals surface area contributed by atoms with Crippen LogP contribution in [0.3, 0.4) is 0 Å². The Balaban J connectivity index is 1.61. The molecule has 1 aliphatic heterocycles. The van der Waals surface area contributed by atoms with Gasteiger partial charge in [-0.3, -0.25) is 9.59 Å². The van der Waals surface area contributed by atoms with Crippen LogP contribution in [0.1, 0.15) is 44.7 Å². The minimum Gasteiger partial charge on any atom is -0.338 e. The van der Waals surface area contributed by atoms with Crippen molar-refractivity contribution in [3.63, 3.8) is 0 Å². The molecular weight excluding hydrogens is 324 g/mol. The van der Waals surface area contributed by atoms with Crippen molar-refractivity contribution < 1.29 is 9.59 Å². The number of fused-ring (bicyclic) bond motifs is 1. The van der Waals surface area contributed by atoms with Gasteiger partial charge in [0, 0.05) is 30.3 Å². The number of likely N-dealkylation sites (tertiary alicyclic amines) is 1. The van der Waals surface area contributed by atoms with Crippen molar-refractivity contribution in [3.8, 4) is 0 Å². The van der Waals surface area contributed by atoms with E-state index in [1.807, 2.05) is 48.2 Å². The van der Waals surface area contributed by atoms with Crippen molar-refractivity contribution in [3.05, 3.63) is 70.8 Å². The van der Waals surface area contributed by atoms with Crippen LogP contribution in [-0.4, -0.2) is 35.7 Å². The van der Waals surface area contributed by atoms with Gasteiger partial charge in [0.15, 0.2) is 5.78 Å². The van der Waals surface area contributed by atoms with Gasteiger partial charge in [-0.15, -0.1) is 0 Å². The van der Waals surface area contributed by atoms with Crippen LogP contribution in [0.15, 0.2) is 48.5 Å². The molecule has 26 heavy (non-hydrogen) atoms. The highest BCUT2D eigenvalue weighted by Gasteiger charge is 2.42. The number of hydrogen-bond acceptors (Lipinski definition) is 3. The molecule has 0 aromatic heterocycles. The lowest BCUT2D eigenvalue weighted by Crippen LogP contribution is -2.34. The summed E-state index contributed by atoms with van der Waals surface area (Å²) >= 11 is 0. The number of hydrogen-bond donors (Lipinski definition) is 1. The van der Waals surface area contributed by atoms with Gasteiger partial charge in [-0.2, -0.15) is 0 Å². The van der Waals surface area contributed by atoms with Crippen LogP contribution in [-0.2, 0) is 0 Å². The summed E-state index contributed by atoms with van der Waals surface area (Å²) in [4.78, 5) is 28.0. The summed E-state index contributed by atoms with van der Waals surface area (Å²) in [5.41, 5.74) is 8.87. The molecule has 4 heteroatoms. The van der Waals surface area contributed by atoms with Gasteiger partial charge in [-0.25, -0.2) is 0 Å². The van der Waals surface area contributed by atoms with Crippen LogP contribution in [0.25, 0.3) is 0 Å². The summed E-state index contributed by atoms with van der Waals surface area (Å²) in [7, 11) is 0. The maximum absolute atomic E-state index is 13.1. The summed E-state index contributed by atoms with van der Waals surface area (Å²) in [6.07, 6.45) is 2.15. The number of aryl methyl sites for hydroxylation is 1. The molecule has 2 aromatic carbocycles. The topological polar surface area (TPSA) is 63.4 Å². The molecule has 1 heterocycles. The van der Waals surface area contributed by atoms with Crippen molar-refractivity contribution in [1.29, 1.82) is 0 Å². The van der Waals surface area contributed by atoms with E-state index in [2.05, 4.69) is 0 Å². The first-order valence-electron chi connectivity index (χ1n) is 9.30. The molecule has 2 aliphatic rings. The smallest absolute Gasteiger partial charge is 0.254 e. The Labute approximate surface area is 154 Å². The van der Waals surface area contributed by atoms with Gasteiger partial charge in [0.05, 0.1) is 5.56 Å². The molecular formula is C22H24N2O2. The van der Waals surface area contributed by atoms with Crippen LogP contribution in [0.5, 0.6) is 0 Å². The van der Waals surface area contributed by atoms with Gasteiger partial charge in [-0.05, 0) is 37.7 Å². The Kier molecular flexibility index (Phi) is 4.37. The molecule has 0 bridgehead atoms. The summed E-state index contributed by atoms with van der Waals surface area (Å²) in [6, 6.07) is 14.8. The van der Waals surface area contributed by atoms with E-state index in [9.17, 15) is 9.59 Å². The number of benzene rings is 2. The highest BCUT2D eigenvalue weighted by molar-refractivity contribution is 6.15. The molecule has 0 spiro atoms. The third-order valence-electron chi connectivity index (χ3n) is 5.92. The lowest BCUT2D eigenvalue weighted by molar-refractivity contribution is 0.0775. The fourth-order valence-electron chi connectivity index (χ4n) is 4.37. The lowest BCUT2D eigenvalue weighted by atomic mass is 9.97. The van der Waals surface area contributed by atoms with E-state index in [-0.39, 0.29) is 17.7 Å². The standard InChI is InChI=1S/C22H24N2O2/c1-14-6-8-15(9-7-14)21(25)17-4-2-3-5-18(17)22(26)24-12-16-10-11-20(23)19(16)13-24/h2-9,16,19-20H,10-13,23H2,1H3. The average molecular weight is 348 g/mol. The Morgan fingerprint density at radius 2 is 1.65 bits per heavy atom. The number of nitrogens with zero attached hydrogens (tertiary/aromatic N) is 1. The van der Waals surface area contributed by atoms with E-state index in [4.69, 9.17) is 5.73 Å². The number of nitrogens with two attached hydrogens (primary N) is 1. The first-order chi connectivity index (χ1) is 12.5. The predicted octanol–water partition coefficient (Wildman–Crippen LogP) is 3.04. The fraction of sp³-hybridized carbons (Fsp3) is 0.364. The summed E-state index contributed by atoms with van der Waals surface area (Å²) in [5, 5.41) is 0. The van der Waals surface area contributed by atoms with E-state index in [0.29, 0.717) is 35.1 Å². The molecule has 4 rings (SSSR count). The number of ketones is 1. The van der Waals surface area contributed by atoms with Gasteiger partial charge in [-0.1, -0.05) is 48.0 Å². The first-order valence-corrected chi connectivity index (χ1v) is 9.30. The molecule has 1 saturated heterocycles. The van der Waals surface area contributed by atoms with E-state index in [0.717, 1.165) is 24.9 Å². The van der Waals surface area contributed by atoms with Crippen molar-refractivity contribution in [1.82, 2.24) is 4.90 Å². The molecule has 2 fully saturated rings. The number of rotatable bonds is 3. The summed E-state index contributed by atoms with van der Waals surface area (Å²) in [6.45, 7) is 3.45. The molecule has 2 aromatic rings. The van der Waals surface area contributed by atoms with Crippen LogP contribution in [0.4, 0.5) is 0 Å². The van der Waals surface area contributed by atoms with Gasteiger partial charge >= 0.3 is 0 Å². The molecule has 3 atom stereocenters. The highest BCUT2D eigenvalue weighted by Crippen LogP contribution is 2.37. The zero-order chi connectivity index (χ0) is 18.3. The highest BCUT2D eigenvalue weighted by atomic mass is 16.2. The van der Waals surface area contributed by atoms with Crippen molar-refractivity contribution >= 4 is 11.7 Å². The zero-order valence-electron chi connectivity index (χ0n) is 15.0. The van der Waals surface area contributed by atoms with Crippen molar-refractivity contribution in [2.24, 2.45) is 17.6 Å². The van der Waals surface area contributed by atoms with Crippen molar-refractivity contribution in [2.75, 3.05) is 13.1 Å². The Morgan fingerprint density at radius 3 is 2.35 bits per heavy atom. The van der Waals surface area contributed by atoms with Crippen LogP contribution < -0.4 is 5.73 Å². The second-order valence-electron chi connectivity index (χ2n) is 7.62. The number of amides is 1. The normalized spacial score (nSPS) is 24.5. The molecule has 1 amide bonds. The number of carbonyl (C=O) groups excluding carboxylic acids is 2. The van der Waals surface area contributed by atoms with Gasteiger partial charge in [0.25, 0.3) is 5.91 Å². The molecule has 134 valence electrons. The Bertz CT molecular complexity index is 843. The molecule has 1 aliphatic carbocycles. The van der Waals surface area contributed by atoms with E-state index in [1.54, 1.807) is 12.1 Å². The summed E-state index contributed by atoms with van der Waals surface area (Å²) < 4.78 is 0. The quantitative estimate of drug-likeness (QED) is 0.867. The van der Waals surface area contributed by atoms with Gasteiger partial charge < -0.3 is 10.6 Å². The molecule has 4 nitrogen and oxygen atoms in total. The van der Waals surface area contributed by atoms with E-state index >= 15 is 0 Å². The second kappa shape index (κ2) is 6.69. The molecule has 2 N–H and O–H groups in total. The van der Waals surface area contributed by atoms with Crippen molar-refractivity contribution in [2.45, 2.75) is 25.8 Å². The van der Waals surface area contributed by atoms with E-state index in [1.165, 1.54) is 0 Å². The Morgan fingerprint density at radius 1 is 0.962 bits per heavy atom. The predicted molar refractivity (Wildman–Crippen MR) is 101 cm³/mol.